The molecule has 0 spiro atoms. The average Bonchev–Trinajstić information content (AvgIpc) is 2.38. The molecule has 2 aromatic rings. The fourth-order valence-corrected chi connectivity index (χ4v) is 2.88. The maximum absolute atomic E-state index is 2.36. The van der Waals surface area contributed by atoms with Crippen LogP contribution in [0.5, 0.6) is 0 Å². The Morgan fingerprint density at radius 2 is 1.47 bits per heavy atom. The molecule has 0 saturated heterocycles. The Morgan fingerprint density at radius 3 is 2.00 bits per heavy atom. The third-order valence-corrected chi connectivity index (χ3v) is 4.36. The van der Waals surface area contributed by atoms with Gasteiger partial charge in [-0.25, -0.2) is 0 Å². The lowest BCUT2D eigenvalue weighted by molar-refractivity contribution is 0.590. The van der Waals surface area contributed by atoms with E-state index in [0.717, 1.165) is 0 Å². The van der Waals surface area contributed by atoms with Crippen LogP contribution in [0.15, 0.2) is 48.5 Å². The number of hydrogen-bond donors (Lipinski definition) is 0. The molecule has 0 bridgehead atoms. The van der Waals surface area contributed by atoms with Crippen LogP contribution in [0.2, 0.25) is 0 Å². The quantitative estimate of drug-likeness (QED) is 0.482. The van der Waals surface area contributed by atoms with Crippen molar-refractivity contribution in [1.29, 1.82) is 0 Å². The largest absolute Gasteiger partial charge is 0.283 e. The number of hydrogen-bond acceptors (Lipinski definition) is 1. The van der Waals surface area contributed by atoms with E-state index >= 15 is 0 Å². The normalized spacial score (nSPS) is 11.4. The van der Waals surface area contributed by atoms with Crippen LogP contribution in [0.1, 0.15) is 31.9 Å². The molecule has 0 heterocycles. The van der Waals surface area contributed by atoms with Gasteiger partial charge in [-0.1, -0.05) is 51.1 Å². The number of benzene rings is 2. The van der Waals surface area contributed by atoms with Crippen LogP contribution in [0.25, 0.3) is 0 Å². The average molecular weight is 365 g/mol. The van der Waals surface area contributed by atoms with Gasteiger partial charge in [0.1, 0.15) is 0 Å². The molecule has 2 rings (SSSR count). The van der Waals surface area contributed by atoms with Gasteiger partial charge in [-0.05, 0) is 41.7 Å². The molecular weight excluding hydrogens is 345 g/mol. The van der Waals surface area contributed by atoms with E-state index in [4.69, 9.17) is 0 Å². The first-order chi connectivity index (χ1) is 8.89. The van der Waals surface area contributed by atoms with Gasteiger partial charge in [-0.3, -0.25) is 3.11 Å². The molecule has 0 amide bonds. The van der Waals surface area contributed by atoms with Gasteiger partial charge >= 0.3 is 0 Å². The van der Waals surface area contributed by atoms with E-state index in [1.165, 1.54) is 22.5 Å². The summed E-state index contributed by atoms with van der Waals surface area (Å²) >= 11 is 2.36. The van der Waals surface area contributed by atoms with Crippen molar-refractivity contribution < 1.29 is 0 Å². The Bertz CT molecular complexity index is 552. The van der Waals surface area contributed by atoms with Crippen molar-refractivity contribution in [2.24, 2.45) is 0 Å². The predicted molar refractivity (Wildman–Crippen MR) is 92.5 cm³/mol. The molecule has 0 N–H and O–H groups in total. The molecule has 2 heteroatoms. The lowest BCUT2D eigenvalue weighted by atomic mass is 9.87. The van der Waals surface area contributed by atoms with Crippen LogP contribution in [0.3, 0.4) is 0 Å². The smallest absolute Gasteiger partial charge is 0.0646 e. The fourth-order valence-electron chi connectivity index (χ4n) is 2.02. The summed E-state index contributed by atoms with van der Waals surface area (Å²) < 4.78 is 2.21. The van der Waals surface area contributed by atoms with E-state index in [2.05, 4.69) is 102 Å². The topological polar surface area (TPSA) is 3.24 Å². The van der Waals surface area contributed by atoms with Gasteiger partial charge < -0.3 is 0 Å². The summed E-state index contributed by atoms with van der Waals surface area (Å²) in [4.78, 5) is 0. The summed E-state index contributed by atoms with van der Waals surface area (Å²) in [6.07, 6.45) is 0. The summed E-state index contributed by atoms with van der Waals surface area (Å²) in [5, 5.41) is 0. The number of anilines is 2. The van der Waals surface area contributed by atoms with Gasteiger partial charge in [0.05, 0.1) is 34.2 Å². The van der Waals surface area contributed by atoms with Crippen molar-refractivity contribution in [3.05, 3.63) is 59.7 Å². The first-order valence-corrected chi connectivity index (χ1v) is 7.48. The van der Waals surface area contributed by atoms with E-state index in [9.17, 15) is 0 Å². The third-order valence-electron chi connectivity index (χ3n) is 3.29. The highest BCUT2D eigenvalue weighted by atomic mass is 127. The van der Waals surface area contributed by atoms with Crippen molar-refractivity contribution in [2.45, 2.75) is 33.1 Å². The first kappa shape index (κ1) is 14.4. The zero-order valence-corrected chi connectivity index (χ0v) is 14.1. The minimum absolute atomic E-state index is 0.206. The van der Waals surface area contributed by atoms with Gasteiger partial charge in [0.2, 0.25) is 0 Å². The molecule has 2 aromatic carbocycles. The number of rotatable bonds is 2. The van der Waals surface area contributed by atoms with E-state index < -0.39 is 0 Å². The molecule has 0 aliphatic carbocycles. The number of para-hydroxylation sites is 1. The van der Waals surface area contributed by atoms with Crippen LogP contribution in [-0.4, -0.2) is 0 Å². The lowest BCUT2D eigenvalue weighted by Gasteiger charge is -2.22. The maximum Gasteiger partial charge on any atom is 0.0646 e. The van der Waals surface area contributed by atoms with Crippen LogP contribution in [-0.2, 0) is 5.41 Å². The maximum atomic E-state index is 2.36. The second kappa shape index (κ2) is 5.53. The zero-order valence-electron chi connectivity index (χ0n) is 11.9. The standard InChI is InChI=1S/C17H20IN/c1-13-7-5-6-8-16(13)19(18)15-11-9-14(10-12-15)17(2,3)4/h5-12H,1-4H3. The van der Waals surface area contributed by atoms with Gasteiger partial charge in [0.25, 0.3) is 0 Å². The van der Waals surface area contributed by atoms with Gasteiger partial charge in [-0.15, -0.1) is 0 Å². The molecular formula is C17H20IN. The summed E-state index contributed by atoms with van der Waals surface area (Å²) in [5.41, 5.74) is 5.31. The van der Waals surface area contributed by atoms with E-state index in [1.54, 1.807) is 0 Å². The van der Waals surface area contributed by atoms with Crippen LogP contribution in [0.4, 0.5) is 11.4 Å². The van der Waals surface area contributed by atoms with Crippen LogP contribution in [0, 0.1) is 6.92 Å². The molecule has 0 radical (unpaired) electrons. The van der Waals surface area contributed by atoms with Crippen molar-refractivity contribution in [1.82, 2.24) is 0 Å². The lowest BCUT2D eigenvalue weighted by Crippen LogP contribution is -2.11. The van der Waals surface area contributed by atoms with E-state index in [1.807, 2.05) is 0 Å². The summed E-state index contributed by atoms with van der Waals surface area (Å²) in [6, 6.07) is 17.3. The summed E-state index contributed by atoms with van der Waals surface area (Å²) in [7, 11) is 0. The number of aryl methyl sites for hydroxylation is 1. The first-order valence-electron chi connectivity index (χ1n) is 6.51. The van der Waals surface area contributed by atoms with Crippen LogP contribution < -0.4 is 3.11 Å². The molecule has 100 valence electrons. The molecule has 1 nitrogen and oxygen atoms in total. The molecule has 0 aliphatic rings. The highest BCUT2D eigenvalue weighted by Crippen LogP contribution is 2.33. The number of nitrogens with zero attached hydrogens (tertiary/aromatic N) is 1. The molecule has 0 atom stereocenters. The van der Waals surface area contributed by atoms with Crippen molar-refractivity contribution >= 4 is 34.2 Å². The fraction of sp³-hybridized carbons (Fsp3) is 0.294. The van der Waals surface area contributed by atoms with Crippen LogP contribution >= 0.6 is 22.9 Å². The van der Waals surface area contributed by atoms with Crippen molar-refractivity contribution in [2.75, 3.05) is 3.11 Å². The minimum atomic E-state index is 0.206. The molecule has 0 saturated carbocycles. The monoisotopic (exact) mass is 365 g/mol. The van der Waals surface area contributed by atoms with E-state index in [0.29, 0.717) is 0 Å². The van der Waals surface area contributed by atoms with Crippen molar-refractivity contribution in [3.8, 4) is 0 Å². The SMILES string of the molecule is Cc1ccccc1N(I)c1ccc(C(C)(C)C)cc1. The third kappa shape index (κ3) is 3.30. The molecule has 0 fully saturated rings. The zero-order chi connectivity index (χ0) is 14.0. The second-order valence-electron chi connectivity index (χ2n) is 5.86. The Kier molecular flexibility index (Phi) is 4.19. The molecule has 19 heavy (non-hydrogen) atoms. The van der Waals surface area contributed by atoms with Crippen molar-refractivity contribution in [3.63, 3.8) is 0 Å². The highest BCUT2D eigenvalue weighted by Gasteiger charge is 2.14. The Morgan fingerprint density at radius 1 is 0.895 bits per heavy atom. The van der Waals surface area contributed by atoms with Gasteiger partial charge in [-0.2, -0.15) is 0 Å². The molecule has 0 unspecified atom stereocenters. The molecule has 0 aliphatic heterocycles. The van der Waals surface area contributed by atoms with Gasteiger partial charge in [0.15, 0.2) is 0 Å². The number of halogens is 1. The Labute approximate surface area is 130 Å². The summed E-state index contributed by atoms with van der Waals surface area (Å²) in [5.74, 6) is 0. The molecule has 0 aromatic heterocycles. The minimum Gasteiger partial charge on any atom is -0.283 e. The van der Waals surface area contributed by atoms with Gasteiger partial charge in [0, 0.05) is 0 Å². The Balaban J connectivity index is 2.31. The predicted octanol–water partition coefficient (Wildman–Crippen LogP) is 5.78. The Hall–Kier alpha value is -1.03. The second-order valence-corrected chi connectivity index (χ2v) is 6.83. The summed E-state index contributed by atoms with van der Waals surface area (Å²) in [6.45, 7) is 8.87. The highest BCUT2D eigenvalue weighted by molar-refractivity contribution is 14.1. The van der Waals surface area contributed by atoms with E-state index in [-0.39, 0.29) is 5.41 Å².